The molecule has 23 heavy (non-hydrogen) atoms. The molecule has 0 aromatic heterocycles. The van der Waals surface area contributed by atoms with Gasteiger partial charge in [0.15, 0.2) is 0 Å². The summed E-state index contributed by atoms with van der Waals surface area (Å²) >= 11 is 1.75. The SMILES string of the molecule is CC1c2cc(F)ccc2CCN1C(=O)C1CSc2ccccc21. The highest BCUT2D eigenvalue weighted by molar-refractivity contribution is 7.99. The van der Waals surface area contributed by atoms with Crippen molar-refractivity contribution in [2.75, 3.05) is 12.3 Å². The van der Waals surface area contributed by atoms with E-state index in [1.807, 2.05) is 30.0 Å². The number of rotatable bonds is 1. The normalized spacial score (nSPS) is 22.6. The molecule has 4 rings (SSSR count). The Morgan fingerprint density at radius 2 is 2.04 bits per heavy atom. The third kappa shape index (κ3) is 2.45. The molecule has 118 valence electrons. The fourth-order valence-electron chi connectivity index (χ4n) is 3.65. The van der Waals surface area contributed by atoms with Gasteiger partial charge >= 0.3 is 0 Å². The summed E-state index contributed by atoms with van der Waals surface area (Å²) in [5.41, 5.74) is 3.24. The molecular weight excluding hydrogens is 309 g/mol. The number of carbonyl (C=O) groups excluding carboxylic acids is 1. The zero-order valence-electron chi connectivity index (χ0n) is 13.0. The number of nitrogens with zero attached hydrogens (tertiary/aromatic N) is 1. The van der Waals surface area contributed by atoms with Crippen LogP contribution in [0.1, 0.15) is 35.6 Å². The van der Waals surface area contributed by atoms with Gasteiger partial charge in [0.05, 0.1) is 12.0 Å². The van der Waals surface area contributed by atoms with Crippen LogP contribution in [0.2, 0.25) is 0 Å². The number of hydrogen-bond acceptors (Lipinski definition) is 2. The van der Waals surface area contributed by atoms with Crippen molar-refractivity contribution in [2.45, 2.75) is 30.2 Å². The van der Waals surface area contributed by atoms with Crippen molar-refractivity contribution in [3.05, 3.63) is 65.0 Å². The second-order valence-electron chi connectivity index (χ2n) is 6.20. The van der Waals surface area contributed by atoms with E-state index in [0.29, 0.717) is 6.54 Å². The van der Waals surface area contributed by atoms with Gasteiger partial charge in [0.2, 0.25) is 5.91 Å². The van der Waals surface area contributed by atoms with Crippen LogP contribution in [0.4, 0.5) is 4.39 Å². The molecular formula is C19H18FNOS. The molecule has 0 aliphatic carbocycles. The first-order valence-electron chi connectivity index (χ1n) is 7.95. The van der Waals surface area contributed by atoms with Gasteiger partial charge in [-0.1, -0.05) is 24.3 Å². The van der Waals surface area contributed by atoms with Crippen LogP contribution in [0.5, 0.6) is 0 Å². The predicted molar refractivity (Wildman–Crippen MR) is 90.1 cm³/mol. The van der Waals surface area contributed by atoms with Crippen molar-refractivity contribution in [1.82, 2.24) is 4.90 Å². The maximum Gasteiger partial charge on any atom is 0.231 e. The molecule has 0 N–H and O–H groups in total. The van der Waals surface area contributed by atoms with E-state index in [2.05, 4.69) is 12.1 Å². The van der Waals surface area contributed by atoms with E-state index in [0.717, 1.165) is 28.9 Å². The second kappa shape index (κ2) is 5.68. The van der Waals surface area contributed by atoms with E-state index in [1.165, 1.54) is 11.0 Å². The Kier molecular flexibility index (Phi) is 3.64. The van der Waals surface area contributed by atoms with Crippen molar-refractivity contribution < 1.29 is 9.18 Å². The first kappa shape index (κ1) is 14.8. The van der Waals surface area contributed by atoms with Crippen molar-refractivity contribution in [1.29, 1.82) is 0 Å². The van der Waals surface area contributed by atoms with Crippen molar-refractivity contribution in [2.24, 2.45) is 0 Å². The highest BCUT2D eigenvalue weighted by atomic mass is 32.2. The van der Waals surface area contributed by atoms with Gasteiger partial charge in [0.25, 0.3) is 0 Å². The molecule has 2 unspecified atom stereocenters. The van der Waals surface area contributed by atoms with Crippen molar-refractivity contribution >= 4 is 17.7 Å². The maximum atomic E-state index is 13.6. The lowest BCUT2D eigenvalue weighted by Crippen LogP contribution is -2.41. The van der Waals surface area contributed by atoms with Crippen LogP contribution in [0, 0.1) is 5.82 Å². The number of carbonyl (C=O) groups is 1. The minimum absolute atomic E-state index is 0.0697. The third-order valence-corrected chi connectivity index (χ3v) is 6.11. The fraction of sp³-hybridized carbons (Fsp3) is 0.316. The minimum atomic E-state index is -0.230. The summed E-state index contributed by atoms with van der Waals surface area (Å²) in [5.74, 6) is 0.669. The number of benzene rings is 2. The summed E-state index contributed by atoms with van der Waals surface area (Å²) in [6.45, 7) is 2.71. The van der Waals surface area contributed by atoms with Crippen LogP contribution in [0.3, 0.4) is 0 Å². The third-order valence-electron chi connectivity index (χ3n) is 4.93. The predicted octanol–water partition coefficient (Wildman–Crippen LogP) is 4.16. The van der Waals surface area contributed by atoms with Crippen LogP contribution in [-0.4, -0.2) is 23.1 Å². The van der Waals surface area contributed by atoms with Gasteiger partial charge in [-0.2, -0.15) is 0 Å². The van der Waals surface area contributed by atoms with Gasteiger partial charge in [0.1, 0.15) is 5.82 Å². The van der Waals surface area contributed by atoms with Gasteiger partial charge in [-0.25, -0.2) is 4.39 Å². The van der Waals surface area contributed by atoms with E-state index < -0.39 is 0 Å². The standard InChI is InChI=1S/C19H18FNOS/c1-12-16-10-14(20)7-6-13(16)8-9-21(12)19(22)17-11-23-18-5-3-2-4-15(17)18/h2-7,10,12,17H,8-9,11H2,1H3. The fourth-order valence-corrected chi connectivity index (χ4v) is 4.87. The summed E-state index contributed by atoms with van der Waals surface area (Å²) in [4.78, 5) is 16.2. The van der Waals surface area contributed by atoms with Gasteiger partial charge in [-0.15, -0.1) is 11.8 Å². The molecule has 2 aliphatic heterocycles. The van der Waals surface area contributed by atoms with E-state index in [-0.39, 0.29) is 23.7 Å². The van der Waals surface area contributed by atoms with E-state index in [9.17, 15) is 9.18 Å². The molecule has 2 aromatic rings. The number of halogens is 1. The molecule has 4 heteroatoms. The number of thioether (sulfide) groups is 1. The lowest BCUT2D eigenvalue weighted by molar-refractivity contribution is -0.134. The molecule has 0 saturated heterocycles. The van der Waals surface area contributed by atoms with Crippen LogP contribution in [-0.2, 0) is 11.2 Å². The average molecular weight is 327 g/mol. The highest BCUT2D eigenvalue weighted by Crippen LogP contribution is 2.42. The lowest BCUT2D eigenvalue weighted by Gasteiger charge is -2.37. The molecule has 0 saturated carbocycles. The minimum Gasteiger partial charge on any atom is -0.335 e. The quantitative estimate of drug-likeness (QED) is 0.784. The Bertz CT molecular complexity index is 776. The Morgan fingerprint density at radius 1 is 1.22 bits per heavy atom. The van der Waals surface area contributed by atoms with Crippen LogP contribution in [0.15, 0.2) is 47.4 Å². The summed E-state index contributed by atoms with van der Waals surface area (Å²) in [6.07, 6.45) is 0.799. The molecule has 1 amide bonds. The first-order chi connectivity index (χ1) is 11.1. The van der Waals surface area contributed by atoms with E-state index >= 15 is 0 Å². The summed E-state index contributed by atoms with van der Waals surface area (Å²) in [6, 6.07) is 13.0. The molecule has 0 spiro atoms. The van der Waals surface area contributed by atoms with Gasteiger partial charge in [-0.05, 0) is 48.2 Å². The summed E-state index contributed by atoms with van der Waals surface area (Å²) < 4.78 is 13.6. The Balaban J connectivity index is 1.63. The highest BCUT2D eigenvalue weighted by Gasteiger charge is 2.36. The Morgan fingerprint density at radius 3 is 2.91 bits per heavy atom. The van der Waals surface area contributed by atoms with Crippen LogP contribution < -0.4 is 0 Å². The van der Waals surface area contributed by atoms with Gasteiger partial charge in [-0.3, -0.25) is 4.79 Å². The molecule has 2 atom stereocenters. The average Bonchev–Trinajstić information content (AvgIpc) is 2.99. The summed E-state index contributed by atoms with van der Waals surface area (Å²) in [7, 11) is 0. The van der Waals surface area contributed by atoms with E-state index in [4.69, 9.17) is 0 Å². The monoisotopic (exact) mass is 327 g/mol. The molecule has 2 aromatic carbocycles. The number of amides is 1. The number of fused-ring (bicyclic) bond motifs is 2. The Labute approximate surface area is 139 Å². The van der Waals surface area contributed by atoms with Crippen LogP contribution in [0.25, 0.3) is 0 Å². The van der Waals surface area contributed by atoms with Crippen molar-refractivity contribution in [3.8, 4) is 0 Å². The van der Waals surface area contributed by atoms with Crippen molar-refractivity contribution in [3.63, 3.8) is 0 Å². The molecule has 2 heterocycles. The maximum absolute atomic E-state index is 13.6. The van der Waals surface area contributed by atoms with Gasteiger partial charge in [0, 0.05) is 17.2 Å². The largest absolute Gasteiger partial charge is 0.335 e. The molecule has 2 aliphatic rings. The second-order valence-corrected chi connectivity index (χ2v) is 7.26. The smallest absolute Gasteiger partial charge is 0.231 e. The molecule has 0 bridgehead atoms. The molecule has 2 nitrogen and oxygen atoms in total. The zero-order chi connectivity index (χ0) is 16.0. The summed E-state index contributed by atoms with van der Waals surface area (Å²) in [5, 5.41) is 0. The zero-order valence-corrected chi connectivity index (χ0v) is 13.8. The Hall–Kier alpha value is -1.81. The lowest BCUT2D eigenvalue weighted by atomic mass is 9.91. The molecule has 0 fully saturated rings. The van der Waals surface area contributed by atoms with E-state index in [1.54, 1.807) is 17.8 Å². The molecule has 0 radical (unpaired) electrons. The number of hydrogen-bond donors (Lipinski definition) is 0. The van der Waals surface area contributed by atoms with Gasteiger partial charge < -0.3 is 4.90 Å². The first-order valence-corrected chi connectivity index (χ1v) is 8.94. The van der Waals surface area contributed by atoms with Crippen LogP contribution >= 0.6 is 11.8 Å². The topological polar surface area (TPSA) is 20.3 Å².